The van der Waals surface area contributed by atoms with Crippen LogP contribution in [-0.2, 0) is 6.42 Å². The maximum Gasteiger partial charge on any atom is 0.161 e. The first-order valence-corrected chi connectivity index (χ1v) is 6.38. The number of methoxy groups -OCH3 is 1. The van der Waals surface area contributed by atoms with E-state index in [1.165, 1.54) is 7.11 Å². The Hall–Kier alpha value is -1.56. The van der Waals surface area contributed by atoms with Gasteiger partial charge in [0.15, 0.2) is 11.5 Å². The molecule has 5 nitrogen and oxygen atoms in total. The third-order valence-electron chi connectivity index (χ3n) is 3.15. The second kappa shape index (κ2) is 7.89. The molecule has 1 aromatic rings. The zero-order chi connectivity index (χ0) is 15.0. The lowest BCUT2D eigenvalue weighted by molar-refractivity contribution is -0.0263. The number of aliphatic hydroxyl groups is 3. The molecule has 0 fully saturated rings. The van der Waals surface area contributed by atoms with Crippen LogP contribution in [0.25, 0.3) is 0 Å². The largest absolute Gasteiger partial charge is 0.493 e. The summed E-state index contributed by atoms with van der Waals surface area (Å²) in [6.45, 7) is 2.58. The lowest BCUT2D eigenvalue weighted by Crippen LogP contribution is -2.39. The van der Waals surface area contributed by atoms with Crippen molar-refractivity contribution in [1.82, 2.24) is 0 Å². The molecule has 0 saturated carbocycles. The number of rotatable bonds is 9. The molecular weight excluding hydrogens is 260 g/mol. The number of hydrogen-bond acceptors (Lipinski definition) is 5. The molecule has 0 aromatic heterocycles. The molecule has 0 spiro atoms. The van der Waals surface area contributed by atoms with Crippen LogP contribution in [0.1, 0.15) is 5.56 Å². The Morgan fingerprint density at radius 3 is 2.30 bits per heavy atom. The van der Waals surface area contributed by atoms with Gasteiger partial charge in [0.2, 0.25) is 0 Å². The van der Waals surface area contributed by atoms with Crippen molar-refractivity contribution in [3.8, 4) is 11.5 Å². The van der Waals surface area contributed by atoms with Gasteiger partial charge >= 0.3 is 0 Å². The Labute approximate surface area is 119 Å². The van der Waals surface area contributed by atoms with Crippen LogP contribution >= 0.6 is 0 Å². The highest BCUT2D eigenvalue weighted by atomic mass is 16.5. The van der Waals surface area contributed by atoms with Gasteiger partial charge < -0.3 is 24.8 Å². The first-order valence-electron chi connectivity index (χ1n) is 6.38. The van der Waals surface area contributed by atoms with Gasteiger partial charge in [0, 0.05) is 0 Å². The second-order valence-corrected chi connectivity index (χ2v) is 4.74. The van der Waals surface area contributed by atoms with E-state index in [9.17, 15) is 15.3 Å². The fraction of sp³-hybridized carbons (Fsp3) is 0.467. The van der Waals surface area contributed by atoms with Crippen molar-refractivity contribution in [2.45, 2.75) is 6.42 Å². The summed E-state index contributed by atoms with van der Waals surface area (Å²) in [7, 11) is 1.54. The number of hydrogen-bond donors (Lipinski definition) is 3. The van der Waals surface area contributed by atoms with Gasteiger partial charge in [-0.15, -0.1) is 6.58 Å². The summed E-state index contributed by atoms with van der Waals surface area (Å²) < 4.78 is 10.8. The zero-order valence-electron chi connectivity index (χ0n) is 11.7. The molecule has 0 saturated heterocycles. The van der Waals surface area contributed by atoms with Crippen molar-refractivity contribution in [3.63, 3.8) is 0 Å². The Morgan fingerprint density at radius 1 is 1.15 bits per heavy atom. The summed E-state index contributed by atoms with van der Waals surface area (Å²) in [6, 6.07) is 5.49. The summed E-state index contributed by atoms with van der Waals surface area (Å²) in [4.78, 5) is 0. The first kappa shape index (κ1) is 16.5. The Bertz CT molecular complexity index is 418. The quantitative estimate of drug-likeness (QED) is 0.583. The average Bonchev–Trinajstić information content (AvgIpc) is 2.50. The molecule has 20 heavy (non-hydrogen) atoms. The highest BCUT2D eigenvalue weighted by Gasteiger charge is 2.29. The van der Waals surface area contributed by atoms with E-state index >= 15 is 0 Å². The van der Waals surface area contributed by atoms with Crippen LogP contribution in [-0.4, -0.2) is 48.9 Å². The molecule has 112 valence electrons. The van der Waals surface area contributed by atoms with Gasteiger partial charge in [-0.1, -0.05) is 12.1 Å². The standard InChI is InChI=1S/C15H22O5/c1-3-4-12-5-6-13(14(7-12)19-2)20-11-15(8-16,9-17)10-18/h3,5-7,16-18H,1,4,8-11H2,2H3. The van der Waals surface area contributed by atoms with Gasteiger partial charge in [-0.25, -0.2) is 0 Å². The van der Waals surface area contributed by atoms with Gasteiger partial charge in [0.25, 0.3) is 0 Å². The van der Waals surface area contributed by atoms with Crippen LogP contribution in [0.4, 0.5) is 0 Å². The number of allylic oxidation sites excluding steroid dienone is 1. The molecule has 0 heterocycles. The smallest absolute Gasteiger partial charge is 0.161 e. The lowest BCUT2D eigenvalue weighted by Gasteiger charge is -2.27. The van der Waals surface area contributed by atoms with Crippen LogP contribution < -0.4 is 9.47 Å². The predicted molar refractivity (Wildman–Crippen MR) is 76.1 cm³/mol. The van der Waals surface area contributed by atoms with Crippen LogP contribution in [0.2, 0.25) is 0 Å². The Kier molecular flexibility index (Phi) is 6.51. The molecular formula is C15H22O5. The van der Waals surface area contributed by atoms with Gasteiger partial charge in [0.1, 0.15) is 6.61 Å². The molecule has 0 atom stereocenters. The van der Waals surface area contributed by atoms with Gasteiger partial charge in [0.05, 0.1) is 32.3 Å². The van der Waals surface area contributed by atoms with Crippen molar-refractivity contribution in [3.05, 3.63) is 36.4 Å². The molecule has 1 aromatic carbocycles. The molecule has 0 aliphatic rings. The SMILES string of the molecule is C=CCc1ccc(OCC(CO)(CO)CO)c(OC)c1. The Balaban J connectivity index is 2.84. The molecule has 0 aliphatic heterocycles. The minimum absolute atomic E-state index is 0.00628. The normalized spacial score (nSPS) is 11.2. The lowest BCUT2D eigenvalue weighted by atomic mass is 9.92. The van der Waals surface area contributed by atoms with Gasteiger partial charge in [-0.05, 0) is 24.1 Å². The third-order valence-corrected chi connectivity index (χ3v) is 3.15. The molecule has 5 heteroatoms. The van der Waals surface area contributed by atoms with Crippen molar-refractivity contribution >= 4 is 0 Å². The molecule has 1 rings (SSSR count). The van der Waals surface area contributed by atoms with E-state index in [-0.39, 0.29) is 26.4 Å². The van der Waals surface area contributed by atoms with Gasteiger partial charge in [-0.3, -0.25) is 0 Å². The molecule has 0 aliphatic carbocycles. The molecule has 0 bridgehead atoms. The first-order chi connectivity index (χ1) is 9.64. The van der Waals surface area contributed by atoms with Crippen molar-refractivity contribution in [2.24, 2.45) is 5.41 Å². The van der Waals surface area contributed by atoms with E-state index in [0.29, 0.717) is 11.5 Å². The number of aliphatic hydroxyl groups excluding tert-OH is 3. The van der Waals surface area contributed by atoms with Crippen molar-refractivity contribution < 1.29 is 24.8 Å². The number of benzene rings is 1. The van der Waals surface area contributed by atoms with E-state index in [0.717, 1.165) is 12.0 Å². The van der Waals surface area contributed by atoms with E-state index in [1.54, 1.807) is 12.1 Å². The summed E-state index contributed by atoms with van der Waals surface area (Å²) in [5.74, 6) is 1.06. The van der Waals surface area contributed by atoms with Crippen LogP contribution in [0.5, 0.6) is 11.5 Å². The summed E-state index contributed by atoms with van der Waals surface area (Å²) in [5.41, 5.74) is -0.0212. The molecule has 0 amide bonds. The molecule has 0 radical (unpaired) electrons. The highest BCUT2D eigenvalue weighted by Crippen LogP contribution is 2.30. The second-order valence-electron chi connectivity index (χ2n) is 4.74. The van der Waals surface area contributed by atoms with E-state index < -0.39 is 5.41 Å². The van der Waals surface area contributed by atoms with E-state index in [1.807, 2.05) is 12.1 Å². The average molecular weight is 282 g/mol. The van der Waals surface area contributed by atoms with Crippen LogP contribution in [0, 0.1) is 5.41 Å². The number of ether oxygens (including phenoxy) is 2. The van der Waals surface area contributed by atoms with Crippen molar-refractivity contribution in [1.29, 1.82) is 0 Å². The van der Waals surface area contributed by atoms with E-state index in [2.05, 4.69) is 6.58 Å². The Morgan fingerprint density at radius 2 is 1.80 bits per heavy atom. The summed E-state index contributed by atoms with van der Waals surface area (Å²) in [5, 5.41) is 27.8. The highest BCUT2D eigenvalue weighted by molar-refractivity contribution is 5.43. The maximum absolute atomic E-state index is 9.25. The monoisotopic (exact) mass is 282 g/mol. The topological polar surface area (TPSA) is 79.2 Å². The minimum Gasteiger partial charge on any atom is -0.493 e. The summed E-state index contributed by atoms with van der Waals surface area (Å²) in [6.07, 6.45) is 2.52. The zero-order valence-corrected chi connectivity index (χ0v) is 11.7. The molecule has 3 N–H and O–H groups in total. The van der Waals surface area contributed by atoms with Crippen molar-refractivity contribution in [2.75, 3.05) is 33.5 Å². The third kappa shape index (κ3) is 3.96. The maximum atomic E-state index is 9.25. The van der Waals surface area contributed by atoms with Gasteiger partial charge in [-0.2, -0.15) is 0 Å². The minimum atomic E-state index is -1.06. The fourth-order valence-electron chi connectivity index (χ4n) is 1.64. The summed E-state index contributed by atoms with van der Waals surface area (Å²) >= 11 is 0. The fourth-order valence-corrected chi connectivity index (χ4v) is 1.64. The molecule has 0 unspecified atom stereocenters. The van der Waals surface area contributed by atoms with Crippen LogP contribution in [0.15, 0.2) is 30.9 Å². The predicted octanol–water partition coefficient (Wildman–Crippen LogP) is 0.766. The van der Waals surface area contributed by atoms with E-state index in [4.69, 9.17) is 9.47 Å². The van der Waals surface area contributed by atoms with Crippen LogP contribution in [0.3, 0.4) is 0 Å².